The minimum Gasteiger partial charge on any atom is -0.354 e. The second-order valence-electron chi connectivity index (χ2n) is 5.34. The van der Waals surface area contributed by atoms with Crippen molar-refractivity contribution < 1.29 is 18.0 Å². The highest BCUT2D eigenvalue weighted by Crippen LogP contribution is 2.33. The molecule has 0 bridgehead atoms. The third kappa shape index (κ3) is 5.01. The molecule has 0 saturated heterocycles. The van der Waals surface area contributed by atoms with Gasteiger partial charge in [-0.15, -0.1) is 0 Å². The van der Waals surface area contributed by atoms with Crippen molar-refractivity contribution in [3.63, 3.8) is 0 Å². The fraction of sp³-hybridized carbons (Fsp3) is 0.923. The van der Waals surface area contributed by atoms with Gasteiger partial charge >= 0.3 is 6.18 Å². The van der Waals surface area contributed by atoms with Gasteiger partial charge in [0.25, 0.3) is 0 Å². The van der Waals surface area contributed by atoms with Gasteiger partial charge in [-0.05, 0) is 26.4 Å². The van der Waals surface area contributed by atoms with Gasteiger partial charge in [0.05, 0.1) is 6.42 Å². The molecule has 6 heteroatoms. The molecule has 0 atom stereocenters. The number of hydrogen-bond donors (Lipinski definition) is 1. The van der Waals surface area contributed by atoms with Gasteiger partial charge in [0.1, 0.15) is 0 Å². The third-order valence-corrected chi connectivity index (χ3v) is 4.07. The summed E-state index contributed by atoms with van der Waals surface area (Å²) in [6.45, 7) is 3.37. The average Bonchev–Trinajstić information content (AvgIpc) is 2.82. The van der Waals surface area contributed by atoms with Crippen molar-refractivity contribution in [3.05, 3.63) is 0 Å². The summed E-state index contributed by atoms with van der Waals surface area (Å²) in [5, 5.41) is 2.67. The number of rotatable bonds is 6. The molecule has 0 aromatic rings. The van der Waals surface area contributed by atoms with E-state index in [1.807, 2.05) is 14.0 Å². The lowest BCUT2D eigenvalue weighted by atomic mass is 9.95. The van der Waals surface area contributed by atoms with Crippen LogP contribution in [0.5, 0.6) is 0 Å². The number of carbonyl (C=O) groups is 1. The first kappa shape index (κ1) is 16.3. The van der Waals surface area contributed by atoms with E-state index in [-0.39, 0.29) is 5.54 Å². The van der Waals surface area contributed by atoms with Crippen molar-refractivity contribution in [3.8, 4) is 0 Å². The average molecular weight is 280 g/mol. The molecule has 112 valence electrons. The van der Waals surface area contributed by atoms with E-state index in [9.17, 15) is 18.0 Å². The molecule has 19 heavy (non-hydrogen) atoms. The summed E-state index contributed by atoms with van der Waals surface area (Å²) in [5.41, 5.74) is -0.0668. The molecule has 1 N–H and O–H groups in total. The standard InChI is InChI=1S/C13H23F3N2O/c1-3-18(2)12(7-4-5-8-12)10-17-11(19)6-9-13(14,15)16/h3-10H2,1-2H3,(H,17,19). The van der Waals surface area contributed by atoms with Crippen molar-refractivity contribution >= 4 is 5.91 Å². The van der Waals surface area contributed by atoms with E-state index in [0.717, 1.165) is 32.2 Å². The second-order valence-corrected chi connectivity index (χ2v) is 5.34. The molecular formula is C13H23F3N2O. The van der Waals surface area contributed by atoms with Crippen molar-refractivity contribution in [1.82, 2.24) is 10.2 Å². The Morgan fingerprint density at radius 2 is 1.89 bits per heavy atom. The molecule has 1 amide bonds. The molecule has 1 aliphatic carbocycles. The Morgan fingerprint density at radius 1 is 1.32 bits per heavy atom. The molecule has 0 unspecified atom stereocenters. The Labute approximate surface area is 112 Å². The maximum absolute atomic E-state index is 12.0. The summed E-state index contributed by atoms with van der Waals surface area (Å²) < 4.78 is 36.1. The van der Waals surface area contributed by atoms with Crippen LogP contribution in [0.1, 0.15) is 45.4 Å². The van der Waals surface area contributed by atoms with E-state index in [0.29, 0.717) is 6.54 Å². The number of alkyl halides is 3. The highest BCUT2D eigenvalue weighted by atomic mass is 19.4. The Morgan fingerprint density at radius 3 is 2.37 bits per heavy atom. The summed E-state index contributed by atoms with van der Waals surface area (Å²) >= 11 is 0. The smallest absolute Gasteiger partial charge is 0.354 e. The normalized spacial score (nSPS) is 18.8. The quantitative estimate of drug-likeness (QED) is 0.811. The van der Waals surface area contributed by atoms with E-state index in [1.165, 1.54) is 0 Å². The van der Waals surface area contributed by atoms with E-state index in [1.54, 1.807) is 0 Å². The van der Waals surface area contributed by atoms with Gasteiger partial charge in [0.2, 0.25) is 5.91 Å². The summed E-state index contributed by atoms with van der Waals surface area (Å²) in [7, 11) is 2.01. The summed E-state index contributed by atoms with van der Waals surface area (Å²) in [6.07, 6.45) is -1.56. The minimum absolute atomic E-state index is 0.0668. The van der Waals surface area contributed by atoms with Crippen LogP contribution in [0, 0.1) is 0 Å². The van der Waals surface area contributed by atoms with E-state index >= 15 is 0 Å². The molecular weight excluding hydrogens is 257 g/mol. The maximum Gasteiger partial charge on any atom is 0.389 e. The zero-order valence-corrected chi connectivity index (χ0v) is 11.6. The van der Waals surface area contributed by atoms with Crippen molar-refractivity contribution in [2.24, 2.45) is 0 Å². The van der Waals surface area contributed by atoms with Crippen LogP contribution in [-0.2, 0) is 4.79 Å². The van der Waals surface area contributed by atoms with Gasteiger partial charge in [0, 0.05) is 18.5 Å². The van der Waals surface area contributed by atoms with E-state index in [4.69, 9.17) is 0 Å². The van der Waals surface area contributed by atoms with Crippen LogP contribution in [0.25, 0.3) is 0 Å². The maximum atomic E-state index is 12.0. The lowest BCUT2D eigenvalue weighted by molar-refractivity contribution is -0.144. The number of halogens is 3. The number of nitrogens with one attached hydrogen (secondary N) is 1. The number of nitrogens with zero attached hydrogens (tertiary/aromatic N) is 1. The number of carbonyl (C=O) groups excluding carboxylic acids is 1. The van der Waals surface area contributed by atoms with Gasteiger partial charge in [-0.3, -0.25) is 9.69 Å². The second kappa shape index (κ2) is 6.59. The Hall–Kier alpha value is -0.780. The van der Waals surface area contributed by atoms with Crippen LogP contribution >= 0.6 is 0 Å². The molecule has 1 rings (SSSR count). The van der Waals surface area contributed by atoms with Crippen molar-refractivity contribution in [1.29, 1.82) is 0 Å². The highest BCUT2D eigenvalue weighted by Gasteiger charge is 2.37. The Balaban J connectivity index is 2.42. The molecule has 0 spiro atoms. The van der Waals surface area contributed by atoms with Gasteiger partial charge in [-0.2, -0.15) is 13.2 Å². The minimum atomic E-state index is -4.26. The van der Waals surface area contributed by atoms with Gasteiger partial charge < -0.3 is 5.32 Å². The number of hydrogen-bond acceptors (Lipinski definition) is 2. The first-order valence-electron chi connectivity index (χ1n) is 6.84. The van der Waals surface area contributed by atoms with E-state index < -0.39 is 24.9 Å². The molecule has 0 radical (unpaired) electrons. The van der Waals surface area contributed by atoms with Gasteiger partial charge in [-0.1, -0.05) is 19.8 Å². The number of likely N-dealkylation sites (N-methyl/N-ethyl adjacent to an activating group) is 1. The summed E-state index contributed by atoms with van der Waals surface area (Å²) in [4.78, 5) is 13.7. The van der Waals surface area contributed by atoms with Gasteiger partial charge in [-0.25, -0.2) is 0 Å². The zero-order chi connectivity index (χ0) is 14.5. The molecule has 1 fully saturated rings. The van der Waals surface area contributed by atoms with Crippen LogP contribution in [0.3, 0.4) is 0 Å². The third-order valence-electron chi connectivity index (χ3n) is 4.07. The SMILES string of the molecule is CCN(C)C1(CNC(=O)CCC(F)(F)F)CCCC1. The molecule has 0 heterocycles. The predicted octanol–water partition coefficient (Wildman–Crippen LogP) is 2.71. The topological polar surface area (TPSA) is 32.3 Å². The van der Waals surface area contributed by atoms with E-state index in [2.05, 4.69) is 10.2 Å². The Bertz CT molecular complexity index is 299. The largest absolute Gasteiger partial charge is 0.389 e. The van der Waals surface area contributed by atoms with Crippen LogP contribution < -0.4 is 5.32 Å². The van der Waals surface area contributed by atoms with Crippen molar-refractivity contribution in [2.45, 2.75) is 57.2 Å². The van der Waals surface area contributed by atoms with Gasteiger partial charge in [0.15, 0.2) is 0 Å². The zero-order valence-electron chi connectivity index (χ0n) is 11.6. The molecule has 0 aliphatic heterocycles. The molecule has 1 saturated carbocycles. The van der Waals surface area contributed by atoms with Crippen LogP contribution in [-0.4, -0.2) is 42.7 Å². The molecule has 0 aromatic heterocycles. The lowest BCUT2D eigenvalue weighted by Gasteiger charge is -2.38. The molecule has 1 aliphatic rings. The first-order chi connectivity index (χ1) is 8.79. The molecule has 3 nitrogen and oxygen atoms in total. The first-order valence-corrected chi connectivity index (χ1v) is 6.84. The summed E-state index contributed by atoms with van der Waals surface area (Å²) in [6, 6.07) is 0. The Kier molecular flexibility index (Phi) is 5.64. The van der Waals surface area contributed by atoms with Crippen LogP contribution in [0.4, 0.5) is 13.2 Å². The highest BCUT2D eigenvalue weighted by molar-refractivity contribution is 5.76. The van der Waals surface area contributed by atoms with Crippen LogP contribution in [0.2, 0.25) is 0 Å². The van der Waals surface area contributed by atoms with Crippen molar-refractivity contribution in [2.75, 3.05) is 20.1 Å². The van der Waals surface area contributed by atoms with Crippen LogP contribution in [0.15, 0.2) is 0 Å². The number of amides is 1. The lowest BCUT2D eigenvalue weighted by Crippen LogP contribution is -2.52. The fourth-order valence-electron chi connectivity index (χ4n) is 2.67. The summed E-state index contributed by atoms with van der Waals surface area (Å²) in [5.74, 6) is -0.506. The fourth-order valence-corrected chi connectivity index (χ4v) is 2.67. The monoisotopic (exact) mass is 280 g/mol. The molecule has 0 aromatic carbocycles. The predicted molar refractivity (Wildman–Crippen MR) is 67.8 cm³/mol.